The maximum atomic E-state index is 12.0. The van der Waals surface area contributed by atoms with Crippen molar-refractivity contribution >= 4 is 6.09 Å². The van der Waals surface area contributed by atoms with Crippen LogP contribution in [0.25, 0.3) is 0 Å². The van der Waals surface area contributed by atoms with Crippen LogP contribution in [-0.4, -0.2) is 54.9 Å². The smallest absolute Gasteiger partial charge is 0.410 e. The van der Waals surface area contributed by atoms with E-state index >= 15 is 0 Å². The lowest BCUT2D eigenvalue weighted by atomic mass is 10.0. The van der Waals surface area contributed by atoms with Gasteiger partial charge in [-0.15, -0.1) is 0 Å². The molecule has 5 nitrogen and oxygen atoms in total. The summed E-state index contributed by atoms with van der Waals surface area (Å²) in [6.45, 7) is 9.54. The first-order valence-corrected chi connectivity index (χ1v) is 8.39. The summed E-state index contributed by atoms with van der Waals surface area (Å²) in [6, 6.07) is 1.16. The van der Waals surface area contributed by atoms with Crippen LogP contribution in [0.5, 0.6) is 0 Å². The highest BCUT2D eigenvalue weighted by molar-refractivity contribution is 5.68. The highest BCUT2D eigenvalue weighted by Crippen LogP contribution is 2.16. The molecule has 0 spiro atoms. The zero-order chi connectivity index (χ0) is 15.3. The molecular formula is C16H31N3O2. The van der Waals surface area contributed by atoms with E-state index in [1.165, 1.54) is 19.3 Å². The van der Waals surface area contributed by atoms with Crippen molar-refractivity contribution in [2.45, 2.75) is 70.6 Å². The van der Waals surface area contributed by atoms with E-state index in [-0.39, 0.29) is 6.09 Å². The topological polar surface area (TPSA) is 53.6 Å². The van der Waals surface area contributed by atoms with Crippen LogP contribution in [-0.2, 0) is 4.74 Å². The molecule has 2 fully saturated rings. The molecule has 0 aliphatic carbocycles. The van der Waals surface area contributed by atoms with E-state index in [4.69, 9.17) is 4.74 Å². The van der Waals surface area contributed by atoms with Crippen molar-refractivity contribution in [1.82, 2.24) is 15.5 Å². The summed E-state index contributed by atoms with van der Waals surface area (Å²) in [5, 5.41) is 7.22. The van der Waals surface area contributed by atoms with Gasteiger partial charge in [0.1, 0.15) is 5.60 Å². The molecule has 2 heterocycles. The van der Waals surface area contributed by atoms with Gasteiger partial charge in [-0.25, -0.2) is 4.79 Å². The first kappa shape index (κ1) is 16.6. The summed E-state index contributed by atoms with van der Waals surface area (Å²) in [5.41, 5.74) is -0.404. The van der Waals surface area contributed by atoms with E-state index in [2.05, 4.69) is 10.6 Å². The second kappa shape index (κ2) is 7.45. The van der Waals surface area contributed by atoms with Gasteiger partial charge in [0.05, 0.1) is 0 Å². The molecule has 2 rings (SSSR count). The van der Waals surface area contributed by atoms with E-state index in [0.717, 1.165) is 39.0 Å². The van der Waals surface area contributed by atoms with Crippen LogP contribution in [0.15, 0.2) is 0 Å². The monoisotopic (exact) mass is 297 g/mol. The molecule has 0 aromatic rings. The Morgan fingerprint density at radius 3 is 2.52 bits per heavy atom. The summed E-state index contributed by atoms with van der Waals surface area (Å²) < 4.78 is 5.42. The number of carbonyl (C=O) groups is 1. The molecule has 1 amide bonds. The number of amides is 1. The number of ether oxygens (including phenoxy) is 1. The largest absolute Gasteiger partial charge is 0.444 e. The molecule has 0 aromatic heterocycles. The maximum Gasteiger partial charge on any atom is 0.410 e. The molecular weight excluding hydrogens is 266 g/mol. The summed E-state index contributed by atoms with van der Waals surface area (Å²) >= 11 is 0. The molecule has 0 bridgehead atoms. The second-order valence-corrected chi connectivity index (χ2v) is 7.30. The minimum absolute atomic E-state index is 0.171. The normalized spacial score (nSPS) is 24.9. The van der Waals surface area contributed by atoms with Crippen LogP contribution in [0.1, 0.15) is 52.9 Å². The molecule has 2 saturated heterocycles. The van der Waals surface area contributed by atoms with Gasteiger partial charge in [-0.3, -0.25) is 0 Å². The number of nitrogens with zero attached hydrogens (tertiary/aromatic N) is 1. The van der Waals surface area contributed by atoms with Gasteiger partial charge in [-0.2, -0.15) is 0 Å². The van der Waals surface area contributed by atoms with Crippen molar-refractivity contribution in [2.24, 2.45) is 0 Å². The maximum absolute atomic E-state index is 12.0. The van der Waals surface area contributed by atoms with Gasteiger partial charge in [0.2, 0.25) is 0 Å². The van der Waals surface area contributed by atoms with Crippen molar-refractivity contribution < 1.29 is 9.53 Å². The molecule has 122 valence electrons. The SMILES string of the molecule is CC(C)(C)OC(=O)N1CCC(NCC2CCCCN2)CC1. The first-order valence-electron chi connectivity index (χ1n) is 8.39. The molecule has 0 saturated carbocycles. The Labute approximate surface area is 128 Å². The molecule has 5 heteroatoms. The van der Waals surface area contributed by atoms with Gasteiger partial charge in [0.15, 0.2) is 0 Å². The fourth-order valence-corrected chi connectivity index (χ4v) is 3.00. The number of piperidine rings is 2. The Balaban J connectivity index is 1.64. The number of carbonyl (C=O) groups excluding carboxylic acids is 1. The second-order valence-electron chi connectivity index (χ2n) is 7.30. The standard InChI is InChI=1S/C16H31N3O2/c1-16(2,3)21-15(20)19-10-7-13(8-11-19)18-12-14-6-4-5-9-17-14/h13-14,17-18H,4-12H2,1-3H3. The number of rotatable bonds is 3. The molecule has 2 aliphatic rings. The van der Waals surface area contributed by atoms with E-state index in [9.17, 15) is 4.79 Å². The average Bonchev–Trinajstić information content (AvgIpc) is 2.45. The Morgan fingerprint density at radius 2 is 1.95 bits per heavy atom. The first-order chi connectivity index (χ1) is 9.94. The average molecular weight is 297 g/mol. The quantitative estimate of drug-likeness (QED) is 0.838. The van der Waals surface area contributed by atoms with Crippen molar-refractivity contribution in [3.8, 4) is 0 Å². The molecule has 0 radical (unpaired) electrons. The molecule has 1 atom stereocenters. The fourth-order valence-electron chi connectivity index (χ4n) is 3.00. The minimum Gasteiger partial charge on any atom is -0.444 e. The summed E-state index contributed by atoms with van der Waals surface area (Å²) in [6.07, 6.45) is 5.80. The third-order valence-electron chi connectivity index (χ3n) is 4.21. The predicted octanol–water partition coefficient (Wildman–Crippen LogP) is 2.12. The highest BCUT2D eigenvalue weighted by atomic mass is 16.6. The fraction of sp³-hybridized carbons (Fsp3) is 0.938. The molecule has 2 aliphatic heterocycles. The van der Waals surface area contributed by atoms with Gasteiger partial charge in [-0.1, -0.05) is 6.42 Å². The Bertz CT molecular complexity index is 327. The molecule has 2 N–H and O–H groups in total. The molecule has 0 aromatic carbocycles. The zero-order valence-electron chi connectivity index (χ0n) is 13.8. The third kappa shape index (κ3) is 5.83. The van der Waals surface area contributed by atoms with E-state index in [1.807, 2.05) is 25.7 Å². The number of likely N-dealkylation sites (tertiary alicyclic amines) is 1. The van der Waals surface area contributed by atoms with Crippen LogP contribution < -0.4 is 10.6 Å². The Hall–Kier alpha value is -0.810. The Morgan fingerprint density at radius 1 is 1.24 bits per heavy atom. The lowest BCUT2D eigenvalue weighted by Crippen LogP contribution is -2.49. The van der Waals surface area contributed by atoms with Gasteiger partial charge < -0.3 is 20.3 Å². The third-order valence-corrected chi connectivity index (χ3v) is 4.21. The van der Waals surface area contributed by atoms with Crippen molar-refractivity contribution in [3.05, 3.63) is 0 Å². The van der Waals surface area contributed by atoms with Gasteiger partial charge in [0, 0.05) is 31.7 Å². The summed E-state index contributed by atoms with van der Waals surface area (Å²) in [4.78, 5) is 13.8. The summed E-state index contributed by atoms with van der Waals surface area (Å²) in [7, 11) is 0. The van der Waals surface area contributed by atoms with E-state index in [1.54, 1.807) is 0 Å². The van der Waals surface area contributed by atoms with Crippen LogP contribution in [0.4, 0.5) is 4.79 Å². The van der Waals surface area contributed by atoms with Gasteiger partial charge in [0.25, 0.3) is 0 Å². The van der Waals surface area contributed by atoms with Crippen LogP contribution >= 0.6 is 0 Å². The van der Waals surface area contributed by atoms with Crippen LogP contribution in [0, 0.1) is 0 Å². The number of hydrogen-bond acceptors (Lipinski definition) is 4. The number of hydrogen-bond donors (Lipinski definition) is 2. The van der Waals surface area contributed by atoms with Crippen molar-refractivity contribution in [3.63, 3.8) is 0 Å². The number of nitrogens with one attached hydrogen (secondary N) is 2. The van der Waals surface area contributed by atoms with Gasteiger partial charge >= 0.3 is 6.09 Å². The summed E-state index contributed by atoms with van der Waals surface area (Å²) in [5.74, 6) is 0. The molecule has 1 unspecified atom stereocenters. The van der Waals surface area contributed by atoms with E-state index in [0.29, 0.717) is 12.1 Å². The van der Waals surface area contributed by atoms with Crippen LogP contribution in [0.2, 0.25) is 0 Å². The van der Waals surface area contributed by atoms with Gasteiger partial charge in [-0.05, 0) is 53.0 Å². The lowest BCUT2D eigenvalue weighted by molar-refractivity contribution is 0.0198. The minimum atomic E-state index is -0.404. The molecule has 21 heavy (non-hydrogen) atoms. The van der Waals surface area contributed by atoms with Crippen LogP contribution in [0.3, 0.4) is 0 Å². The van der Waals surface area contributed by atoms with E-state index < -0.39 is 5.60 Å². The zero-order valence-corrected chi connectivity index (χ0v) is 13.8. The highest BCUT2D eigenvalue weighted by Gasteiger charge is 2.27. The van der Waals surface area contributed by atoms with Crippen molar-refractivity contribution in [2.75, 3.05) is 26.2 Å². The Kier molecular flexibility index (Phi) is 5.88. The predicted molar refractivity (Wildman–Crippen MR) is 84.5 cm³/mol. The lowest BCUT2D eigenvalue weighted by Gasteiger charge is -2.34. The van der Waals surface area contributed by atoms with Crippen molar-refractivity contribution in [1.29, 1.82) is 0 Å².